The lowest BCUT2D eigenvalue weighted by Gasteiger charge is -2.12. The van der Waals surface area contributed by atoms with Gasteiger partial charge in [-0.3, -0.25) is 9.79 Å². The van der Waals surface area contributed by atoms with Crippen molar-refractivity contribution in [1.82, 2.24) is 15.6 Å². The lowest BCUT2D eigenvalue weighted by atomic mass is 10.2. The van der Waals surface area contributed by atoms with Gasteiger partial charge < -0.3 is 16.0 Å². The van der Waals surface area contributed by atoms with E-state index in [0.29, 0.717) is 30.5 Å². The number of halogens is 1. The summed E-state index contributed by atoms with van der Waals surface area (Å²) in [6.07, 6.45) is 1.14. The van der Waals surface area contributed by atoms with Gasteiger partial charge in [0.25, 0.3) is 0 Å². The van der Waals surface area contributed by atoms with Crippen molar-refractivity contribution in [2.24, 2.45) is 4.99 Å². The van der Waals surface area contributed by atoms with E-state index in [4.69, 9.17) is 11.6 Å². The summed E-state index contributed by atoms with van der Waals surface area (Å²) < 4.78 is 0. The molecule has 1 aromatic heterocycles. The Kier molecular flexibility index (Phi) is 8.73. The third kappa shape index (κ3) is 6.80. The molecule has 0 radical (unpaired) electrons. The van der Waals surface area contributed by atoms with Crippen LogP contribution >= 0.6 is 22.9 Å². The molecule has 1 amide bonds. The molecule has 0 saturated carbocycles. The maximum Gasteiger partial charge on any atom is 0.226 e. The number of aromatic nitrogens is 1. The standard InChI is InChI=1S/C20H28ClN5OS/c1-5-22-20(24-12-10-19-25-14(3)15(4)28-19)23-11-9-18(27)26-17-8-6-7-16(21)13(17)2/h6-8H,5,9-12H2,1-4H3,(H,26,27)(H2,22,23,24). The van der Waals surface area contributed by atoms with Crippen LogP contribution < -0.4 is 16.0 Å². The summed E-state index contributed by atoms with van der Waals surface area (Å²) in [5.74, 6) is 0.640. The van der Waals surface area contributed by atoms with Crippen molar-refractivity contribution >= 4 is 40.5 Å². The molecule has 0 aliphatic carbocycles. The molecule has 0 bridgehead atoms. The largest absolute Gasteiger partial charge is 0.357 e. The number of hydrogen-bond acceptors (Lipinski definition) is 4. The fourth-order valence-corrected chi connectivity index (χ4v) is 3.60. The zero-order valence-corrected chi connectivity index (χ0v) is 18.4. The van der Waals surface area contributed by atoms with E-state index in [1.807, 2.05) is 39.0 Å². The Morgan fingerprint density at radius 3 is 2.71 bits per heavy atom. The van der Waals surface area contributed by atoms with Crippen molar-refractivity contribution in [2.45, 2.75) is 40.5 Å². The zero-order chi connectivity index (χ0) is 20.5. The van der Waals surface area contributed by atoms with Gasteiger partial charge in [-0.15, -0.1) is 11.3 Å². The maximum absolute atomic E-state index is 12.2. The first-order valence-electron chi connectivity index (χ1n) is 9.40. The average Bonchev–Trinajstić information content (AvgIpc) is 2.96. The van der Waals surface area contributed by atoms with Gasteiger partial charge in [0, 0.05) is 48.1 Å². The number of nitrogens with zero attached hydrogens (tertiary/aromatic N) is 2. The van der Waals surface area contributed by atoms with Crippen molar-refractivity contribution < 1.29 is 4.79 Å². The van der Waals surface area contributed by atoms with Crippen molar-refractivity contribution in [3.8, 4) is 0 Å². The second-order valence-electron chi connectivity index (χ2n) is 6.40. The highest BCUT2D eigenvalue weighted by molar-refractivity contribution is 7.11. The minimum Gasteiger partial charge on any atom is -0.357 e. The van der Waals surface area contributed by atoms with Gasteiger partial charge in [0.15, 0.2) is 5.96 Å². The summed E-state index contributed by atoms with van der Waals surface area (Å²) in [7, 11) is 0. The molecule has 2 rings (SSSR count). The van der Waals surface area contributed by atoms with Crippen LogP contribution in [0.2, 0.25) is 5.02 Å². The summed E-state index contributed by atoms with van der Waals surface area (Å²) in [6, 6.07) is 5.48. The molecule has 2 aromatic rings. The summed E-state index contributed by atoms with van der Waals surface area (Å²) in [5.41, 5.74) is 2.70. The summed E-state index contributed by atoms with van der Waals surface area (Å²) in [4.78, 5) is 22.5. The minimum absolute atomic E-state index is 0.0672. The Balaban J connectivity index is 1.80. The predicted molar refractivity (Wildman–Crippen MR) is 119 cm³/mol. The van der Waals surface area contributed by atoms with E-state index < -0.39 is 0 Å². The Morgan fingerprint density at radius 2 is 2.04 bits per heavy atom. The van der Waals surface area contributed by atoms with Crippen LogP contribution in [-0.4, -0.2) is 36.5 Å². The number of aliphatic imine (C=N–C) groups is 1. The predicted octanol–water partition coefficient (Wildman–Crippen LogP) is 3.85. The molecule has 0 atom stereocenters. The molecular weight excluding hydrogens is 394 g/mol. The molecule has 0 unspecified atom stereocenters. The first-order chi connectivity index (χ1) is 13.4. The number of carbonyl (C=O) groups excluding carboxylic acids is 1. The van der Waals surface area contributed by atoms with E-state index >= 15 is 0 Å². The number of guanidine groups is 1. The van der Waals surface area contributed by atoms with Crippen LogP contribution in [0.1, 0.15) is 34.5 Å². The molecule has 28 heavy (non-hydrogen) atoms. The van der Waals surface area contributed by atoms with Gasteiger partial charge in [0.2, 0.25) is 5.91 Å². The number of benzene rings is 1. The summed E-state index contributed by atoms with van der Waals surface area (Å²) >= 11 is 7.81. The molecule has 8 heteroatoms. The molecule has 0 spiro atoms. The van der Waals surface area contributed by atoms with Gasteiger partial charge >= 0.3 is 0 Å². The van der Waals surface area contributed by atoms with E-state index in [-0.39, 0.29) is 5.91 Å². The smallest absolute Gasteiger partial charge is 0.226 e. The number of nitrogens with one attached hydrogen (secondary N) is 3. The maximum atomic E-state index is 12.2. The molecule has 1 heterocycles. The van der Waals surface area contributed by atoms with E-state index in [1.54, 1.807) is 11.3 Å². The fourth-order valence-electron chi connectivity index (χ4n) is 2.50. The third-order valence-corrected chi connectivity index (χ3v) is 5.74. The van der Waals surface area contributed by atoms with E-state index in [0.717, 1.165) is 34.9 Å². The van der Waals surface area contributed by atoms with Gasteiger partial charge in [0.1, 0.15) is 0 Å². The lowest BCUT2D eigenvalue weighted by molar-refractivity contribution is -0.116. The number of hydrogen-bond donors (Lipinski definition) is 3. The second-order valence-corrected chi connectivity index (χ2v) is 8.09. The van der Waals surface area contributed by atoms with Crippen LogP contribution in [0.25, 0.3) is 0 Å². The van der Waals surface area contributed by atoms with Crippen LogP contribution in [0.5, 0.6) is 0 Å². The highest BCUT2D eigenvalue weighted by atomic mass is 35.5. The highest BCUT2D eigenvalue weighted by Crippen LogP contribution is 2.22. The molecule has 0 aliphatic heterocycles. The average molecular weight is 422 g/mol. The van der Waals surface area contributed by atoms with Crippen LogP contribution in [0, 0.1) is 20.8 Å². The molecule has 0 aliphatic rings. The van der Waals surface area contributed by atoms with Gasteiger partial charge in [-0.2, -0.15) is 0 Å². The van der Waals surface area contributed by atoms with Crippen LogP contribution in [0.15, 0.2) is 23.2 Å². The van der Waals surface area contributed by atoms with E-state index in [1.165, 1.54) is 4.88 Å². The Labute approximate surface area is 175 Å². The number of carbonyl (C=O) groups is 1. The van der Waals surface area contributed by atoms with Crippen LogP contribution in [0.3, 0.4) is 0 Å². The normalized spacial score (nSPS) is 11.4. The number of anilines is 1. The number of aryl methyl sites for hydroxylation is 2. The number of rotatable bonds is 8. The Morgan fingerprint density at radius 1 is 1.25 bits per heavy atom. The van der Waals surface area contributed by atoms with Crippen molar-refractivity contribution in [2.75, 3.05) is 25.0 Å². The first kappa shape index (κ1) is 22.2. The van der Waals surface area contributed by atoms with Gasteiger partial charge in [-0.25, -0.2) is 4.98 Å². The number of thiazole rings is 1. The number of amides is 1. The molecule has 152 valence electrons. The molecular formula is C20H28ClN5OS. The van der Waals surface area contributed by atoms with Gasteiger partial charge in [0.05, 0.1) is 10.7 Å². The molecule has 0 fully saturated rings. The molecule has 6 nitrogen and oxygen atoms in total. The van der Waals surface area contributed by atoms with Crippen LogP contribution in [-0.2, 0) is 11.2 Å². The second kappa shape index (κ2) is 11.0. The molecule has 3 N–H and O–H groups in total. The van der Waals surface area contributed by atoms with Crippen molar-refractivity contribution in [1.29, 1.82) is 0 Å². The van der Waals surface area contributed by atoms with Gasteiger partial charge in [-0.05, 0) is 45.4 Å². The zero-order valence-electron chi connectivity index (χ0n) is 16.9. The van der Waals surface area contributed by atoms with E-state index in [2.05, 4.69) is 32.9 Å². The Hall–Kier alpha value is -2.12. The molecule has 1 aromatic carbocycles. The quantitative estimate of drug-likeness (QED) is 0.447. The lowest BCUT2D eigenvalue weighted by Crippen LogP contribution is -2.38. The monoisotopic (exact) mass is 421 g/mol. The molecule has 0 saturated heterocycles. The first-order valence-corrected chi connectivity index (χ1v) is 10.6. The Bertz CT molecular complexity index is 814. The van der Waals surface area contributed by atoms with Gasteiger partial charge in [-0.1, -0.05) is 17.7 Å². The van der Waals surface area contributed by atoms with Crippen LogP contribution in [0.4, 0.5) is 5.69 Å². The summed E-state index contributed by atoms with van der Waals surface area (Å²) in [5, 5.41) is 11.0. The topological polar surface area (TPSA) is 78.4 Å². The van der Waals surface area contributed by atoms with Crippen molar-refractivity contribution in [3.63, 3.8) is 0 Å². The minimum atomic E-state index is -0.0672. The summed E-state index contributed by atoms with van der Waals surface area (Å²) in [6.45, 7) is 9.91. The van der Waals surface area contributed by atoms with E-state index in [9.17, 15) is 4.79 Å². The SMILES string of the molecule is CCNC(=NCCc1nc(C)c(C)s1)NCCC(=O)Nc1cccc(Cl)c1C. The third-order valence-electron chi connectivity index (χ3n) is 4.20. The fraction of sp³-hybridized carbons (Fsp3) is 0.450. The van der Waals surface area contributed by atoms with Crippen molar-refractivity contribution in [3.05, 3.63) is 44.4 Å². The highest BCUT2D eigenvalue weighted by Gasteiger charge is 2.07.